The van der Waals surface area contributed by atoms with E-state index in [9.17, 15) is 8.42 Å². The third kappa shape index (κ3) is 6.40. The first kappa shape index (κ1) is 23.0. The van der Waals surface area contributed by atoms with Crippen LogP contribution in [0, 0.1) is 5.92 Å². The first-order valence-corrected chi connectivity index (χ1v) is 12.7. The number of sulfone groups is 1. The van der Waals surface area contributed by atoms with Gasteiger partial charge in [0.1, 0.15) is 0 Å². The Labute approximate surface area is 181 Å². The zero-order valence-corrected chi connectivity index (χ0v) is 19.4. The number of likely N-dealkylation sites (tertiary alicyclic amines) is 1. The van der Waals surface area contributed by atoms with Crippen molar-refractivity contribution in [3.8, 4) is 0 Å². The van der Waals surface area contributed by atoms with Crippen molar-refractivity contribution in [2.45, 2.75) is 57.1 Å². The third-order valence-corrected chi connectivity index (χ3v) is 7.20. The third-order valence-electron chi connectivity index (χ3n) is 5.61. The van der Waals surface area contributed by atoms with E-state index in [0.717, 1.165) is 24.3 Å². The van der Waals surface area contributed by atoms with E-state index in [-0.39, 0.29) is 10.9 Å². The van der Waals surface area contributed by atoms with E-state index in [1.54, 1.807) is 6.20 Å². The summed E-state index contributed by atoms with van der Waals surface area (Å²) in [6, 6.07) is 9.33. The molecule has 1 aliphatic heterocycles. The average molecular weight is 433 g/mol. The Hall–Kier alpha value is -1.70. The molecule has 0 atom stereocenters. The van der Waals surface area contributed by atoms with Crippen LogP contribution in [0.25, 0.3) is 0 Å². The van der Waals surface area contributed by atoms with Gasteiger partial charge >= 0.3 is 0 Å². The lowest BCUT2D eigenvalue weighted by molar-refractivity contribution is 0.192. The molecule has 6 nitrogen and oxygen atoms in total. The Balaban J connectivity index is 1.72. The van der Waals surface area contributed by atoms with Crippen molar-refractivity contribution >= 4 is 9.84 Å². The molecule has 166 valence electrons. The molecular formula is C23H36N4O2S. The van der Waals surface area contributed by atoms with Crippen LogP contribution in [-0.2, 0) is 28.7 Å². The maximum Gasteiger partial charge on any atom is 0.228 e. The van der Waals surface area contributed by atoms with Crippen LogP contribution in [0.15, 0.2) is 41.7 Å². The zero-order valence-electron chi connectivity index (χ0n) is 18.6. The molecule has 7 heteroatoms. The molecule has 0 unspecified atom stereocenters. The Morgan fingerprint density at radius 3 is 2.47 bits per heavy atom. The first-order chi connectivity index (χ1) is 14.3. The van der Waals surface area contributed by atoms with Gasteiger partial charge in [-0.25, -0.2) is 13.4 Å². The predicted molar refractivity (Wildman–Crippen MR) is 121 cm³/mol. The summed E-state index contributed by atoms with van der Waals surface area (Å²) in [6.07, 6.45) is 5.69. The summed E-state index contributed by atoms with van der Waals surface area (Å²) in [4.78, 5) is 9.18. The van der Waals surface area contributed by atoms with Crippen LogP contribution in [0.1, 0.15) is 44.4 Å². The van der Waals surface area contributed by atoms with Crippen molar-refractivity contribution in [3.63, 3.8) is 0 Å². The van der Waals surface area contributed by atoms with E-state index in [1.165, 1.54) is 32.4 Å². The fourth-order valence-corrected chi connectivity index (χ4v) is 5.54. The molecular weight excluding hydrogens is 396 g/mol. The Morgan fingerprint density at radius 2 is 1.80 bits per heavy atom. The smallest absolute Gasteiger partial charge is 0.228 e. The lowest BCUT2D eigenvalue weighted by Gasteiger charge is -2.28. The number of aromatic nitrogens is 2. The summed E-state index contributed by atoms with van der Waals surface area (Å²) in [7, 11) is -1.40. The summed E-state index contributed by atoms with van der Waals surface area (Å²) in [5, 5.41) is 0.194. The van der Waals surface area contributed by atoms with Crippen molar-refractivity contribution in [1.29, 1.82) is 0 Å². The van der Waals surface area contributed by atoms with Gasteiger partial charge in [-0.15, -0.1) is 0 Å². The van der Waals surface area contributed by atoms with Gasteiger partial charge in [-0.05, 0) is 44.5 Å². The number of rotatable bonds is 10. The fourth-order valence-electron chi connectivity index (χ4n) is 4.04. The van der Waals surface area contributed by atoms with Crippen molar-refractivity contribution in [2.75, 3.05) is 33.2 Å². The largest absolute Gasteiger partial charge is 0.317 e. The van der Waals surface area contributed by atoms with Crippen molar-refractivity contribution in [2.24, 2.45) is 5.92 Å². The SMILES string of the molecule is CC(C)Cn1c(CN(C)CCN2CCCCC2)cnc1S(=O)(=O)Cc1ccccc1. The summed E-state index contributed by atoms with van der Waals surface area (Å²) in [5.74, 6) is 0.315. The molecule has 0 spiro atoms. The maximum atomic E-state index is 13.1. The number of piperidine rings is 1. The van der Waals surface area contributed by atoms with Gasteiger partial charge < -0.3 is 9.47 Å². The van der Waals surface area contributed by atoms with Gasteiger partial charge in [0.2, 0.25) is 15.0 Å². The molecule has 1 aliphatic rings. The standard InChI is InChI=1S/C23H36N4O2S/c1-20(2)17-27-22(18-25(3)14-15-26-12-8-5-9-13-26)16-24-23(27)30(28,29)19-21-10-6-4-7-11-21/h4,6-7,10-11,16,20H,5,8-9,12-15,17-19H2,1-3H3. The summed E-state index contributed by atoms with van der Waals surface area (Å²) in [6.45, 7) is 10.00. The molecule has 0 radical (unpaired) electrons. The number of benzene rings is 1. The van der Waals surface area contributed by atoms with E-state index in [4.69, 9.17) is 0 Å². The second-order valence-corrected chi connectivity index (χ2v) is 10.8. The molecule has 1 saturated heterocycles. The molecule has 0 aliphatic carbocycles. The zero-order chi connectivity index (χ0) is 21.6. The van der Waals surface area contributed by atoms with Gasteiger partial charge in [-0.3, -0.25) is 4.90 Å². The van der Waals surface area contributed by atoms with Gasteiger partial charge in [-0.2, -0.15) is 0 Å². The molecule has 1 fully saturated rings. The maximum absolute atomic E-state index is 13.1. The van der Waals surface area contributed by atoms with Crippen LogP contribution in [0.2, 0.25) is 0 Å². The molecule has 0 N–H and O–H groups in total. The lowest BCUT2D eigenvalue weighted by atomic mass is 10.1. The minimum absolute atomic E-state index is 0.0206. The molecule has 0 bridgehead atoms. The molecule has 30 heavy (non-hydrogen) atoms. The molecule has 2 heterocycles. The summed E-state index contributed by atoms with van der Waals surface area (Å²) in [5.41, 5.74) is 1.76. The Morgan fingerprint density at radius 1 is 1.10 bits per heavy atom. The summed E-state index contributed by atoms with van der Waals surface area (Å²) < 4.78 is 28.2. The van der Waals surface area contributed by atoms with Gasteiger partial charge in [-0.1, -0.05) is 50.6 Å². The van der Waals surface area contributed by atoms with E-state index < -0.39 is 9.84 Å². The van der Waals surface area contributed by atoms with E-state index in [0.29, 0.717) is 19.0 Å². The quantitative estimate of drug-likeness (QED) is 0.576. The number of imidazole rings is 1. The Kier molecular flexibility index (Phi) is 8.08. The van der Waals surface area contributed by atoms with Crippen LogP contribution >= 0.6 is 0 Å². The monoisotopic (exact) mass is 432 g/mol. The number of hydrogen-bond acceptors (Lipinski definition) is 5. The van der Waals surface area contributed by atoms with Crippen LogP contribution < -0.4 is 0 Å². The van der Waals surface area contributed by atoms with Crippen molar-refractivity contribution in [3.05, 3.63) is 47.8 Å². The molecule has 1 aromatic carbocycles. The minimum atomic E-state index is -3.51. The van der Waals surface area contributed by atoms with Crippen LogP contribution in [0.4, 0.5) is 0 Å². The van der Waals surface area contributed by atoms with Gasteiger partial charge in [0, 0.05) is 26.2 Å². The van der Waals surface area contributed by atoms with Crippen LogP contribution in [-0.4, -0.2) is 61.0 Å². The highest BCUT2D eigenvalue weighted by atomic mass is 32.2. The van der Waals surface area contributed by atoms with Crippen molar-refractivity contribution < 1.29 is 8.42 Å². The average Bonchev–Trinajstić information content (AvgIpc) is 3.10. The van der Waals surface area contributed by atoms with E-state index in [1.807, 2.05) is 34.9 Å². The second-order valence-electron chi connectivity index (χ2n) is 8.92. The van der Waals surface area contributed by atoms with Gasteiger partial charge in [0.15, 0.2) is 0 Å². The highest BCUT2D eigenvalue weighted by molar-refractivity contribution is 7.90. The first-order valence-electron chi connectivity index (χ1n) is 11.1. The molecule has 2 aromatic rings. The van der Waals surface area contributed by atoms with E-state index >= 15 is 0 Å². The molecule has 1 aromatic heterocycles. The highest BCUT2D eigenvalue weighted by Gasteiger charge is 2.25. The summed E-state index contributed by atoms with van der Waals surface area (Å²) >= 11 is 0. The van der Waals surface area contributed by atoms with Gasteiger partial charge in [0.05, 0.1) is 17.6 Å². The molecule has 0 saturated carbocycles. The molecule has 3 rings (SSSR count). The highest BCUT2D eigenvalue weighted by Crippen LogP contribution is 2.20. The normalized spacial score (nSPS) is 15.9. The van der Waals surface area contributed by atoms with Crippen LogP contribution in [0.5, 0.6) is 0 Å². The topological polar surface area (TPSA) is 58.4 Å². The van der Waals surface area contributed by atoms with Crippen molar-refractivity contribution in [1.82, 2.24) is 19.4 Å². The second kappa shape index (κ2) is 10.6. The Bertz CT molecular complexity index is 887. The number of nitrogens with zero attached hydrogens (tertiary/aromatic N) is 4. The molecule has 0 amide bonds. The van der Waals surface area contributed by atoms with E-state index in [2.05, 4.69) is 35.7 Å². The number of likely N-dealkylation sites (N-methyl/N-ethyl adjacent to an activating group) is 1. The lowest BCUT2D eigenvalue weighted by Crippen LogP contribution is -2.36. The minimum Gasteiger partial charge on any atom is -0.317 e. The number of hydrogen-bond donors (Lipinski definition) is 0. The fraction of sp³-hybridized carbons (Fsp3) is 0.609. The predicted octanol–water partition coefficient (Wildman–Crippen LogP) is 3.43. The van der Waals surface area contributed by atoms with Crippen LogP contribution in [0.3, 0.4) is 0 Å². The van der Waals surface area contributed by atoms with Gasteiger partial charge in [0.25, 0.3) is 0 Å².